The lowest BCUT2D eigenvalue weighted by Crippen LogP contribution is -2.41. The van der Waals surface area contributed by atoms with E-state index >= 15 is 0 Å². The van der Waals surface area contributed by atoms with Gasteiger partial charge in [-0.1, -0.05) is 5.06 Å². The Balaban J connectivity index is 0.000000172. The number of piperidine rings is 2. The largest absolute Gasteiger partial charge is 0.534 e. The van der Waals surface area contributed by atoms with Crippen LogP contribution in [0.5, 0.6) is 0 Å². The molecule has 40 heavy (non-hydrogen) atoms. The Kier molecular flexibility index (Phi) is 13.1. The van der Waals surface area contributed by atoms with Crippen LogP contribution in [-0.2, 0) is 23.9 Å². The van der Waals surface area contributed by atoms with Crippen LogP contribution >= 0.6 is 0 Å². The highest BCUT2D eigenvalue weighted by Gasteiger charge is 2.34. The minimum absolute atomic E-state index is 0.0928. The lowest BCUT2D eigenvalue weighted by molar-refractivity contribution is -0.179. The molecule has 5 rings (SSSR count). The fourth-order valence-corrected chi connectivity index (χ4v) is 4.82. The van der Waals surface area contributed by atoms with Crippen LogP contribution in [0.25, 0.3) is 0 Å². The van der Waals surface area contributed by atoms with Crippen molar-refractivity contribution in [1.82, 2.24) is 15.3 Å². The first-order chi connectivity index (χ1) is 19.4. The average molecular weight is 558 g/mol. The number of terminal acetylenes is 2. The summed E-state index contributed by atoms with van der Waals surface area (Å²) in [5.74, 6) is 5.81. The van der Waals surface area contributed by atoms with E-state index in [1.807, 2.05) is 4.90 Å². The molecule has 0 spiro atoms. The van der Waals surface area contributed by atoms with E-state index in [9.17, 15) is 19.2 Å². The number of ether oxygens (including phenoxy) is 2. The second-order valence-corrected chi connectivity index (χ2v) is 11.0. The van der Waals surface area contributed by atoms with Crippen molar-refractivity contribution in [3.63, 3.8) is 0 Å². The smallest absolute Gasteiger partial charge is 0.446 e. The van der Waals surface area contributed by atoms with Gasteiger partial charge in [0.1, 0.15) is 12.2 Å². The number of likely N-dealkylation sites (tertiary alicyclic amines) is 1. The van der Waals surface area contributed by atoms with Crippen molar-refractivity contribution in [2.45, 2.75) is 102 Å². The Labute approximate surface area is 237 Å². The third-order valence-corrected chi connectivity index (χ3v) is 7.95. The van der Waals surface area contributed by atoms with Crippen LogP contribution < -0.4 is 5.32 Å². The van der Waals surface area contributed by atoms with Crippen molar-refractivity contribution in [2.75, 3.05) is 26.2 Å². The van der Waals surface area contributed by atoms with Crippen LogP contribution in [0.1, 0.15) is 89.9 Å². The first-order valence-corrected chi connectivity index (χ1v) is 14.7. The van der Waals surface area contributed by atoms with Gasteiger partial charge in [0.25, 0.3) is 11.8 Å². The van der Waals surface area contributed by atoms with Crippen LogP contribution in [0.3, 0.4) is 0 Å². The van der Waals surface area contributed by atoms with Gasteiger partial charge in [0.05, 0.1) is 0 Å². The predicted molar refractivity (Wildman–Crippen MR) is 147 cm³/mol. The van der Waals surface area contributed by atoms with Crippen LogP contribution in [0.2, 0.25) is 0 Å². The van der Waals surface area contributed by atoms with Gasteiger partial charge in [-0.15, -0.1) is 24.7 Å². The lowest BCUT2D eigenvalue weighted by Gasteiger charge is -2.33. The molecular formula is C30H43N3O7. The van der Waals surface area contributed by atoms with Gasteiger partial charge in [0, 0.05) is 38.8 Å². The van der Waals surface area contributed by atoms with Crippen molar-refractivity contribution in [3.05, 3.63) is 0 Å². The number of amides is 3. The van der Waals surface area contributed by atoms with Crippen molar-refractivity contribution in [1.29, 1.82) is 0 Å². The maximum absolute atomic E-state index is 11.7. The number of rotatable bonds is 5. The molecule has 10 nitrogen and oxygen atoms in total. The molecule has 2 aliphatic carbocycles. The fourth-order valence-electron chi connectivity index (χ4n) is 4.82. The Morgan fingerprint density at radius 1 is 0.775 bits per heavy atom. The highest BCUT2D eigenvalue weighted by atomic mass is 16.8. The van der Waals surface area contributed by atoms with Gasteiger partial charge >= 0.3 is 12.2 Å². The standard InChI is InChI=1S/C13H19NO2.C9H11NO5.C8H13N/c1-2-4-11-7-9-14(10-8-11)13(15)16-12-5-3-6-12;11-7-4-5-8(12)10(7)15-9(13)14-6-2-1-3-6;1-2-3-8-4-6-9-7-5-8/h1,11-12H,3-10H2;6H,1-5H2;1,8-9H,3-7H2. The number of imide groups is 1. The van der Waals surface area contributed by atoms with Gasteiger partial charge in [-0.3, -0.25) is 14.4 Å². The molecule has 0 unspecified atom stereocenters. The van der Waals surface area contributed by atoms with E-state index in [0.29, 0.717) is 11.0 Å². The Morgan fingerprint density at radius 2 is 1.27 bits per heavy atom. The molecule has 1 N–H and O–H groups in total. The number of carbonyl (C=O) groups excluding carboxylic acids is 4. The molecule has 3 heterocycles. The molecule has 0 atom stereocenters. The topological polar surface area (TPSA) is 114 Å². The maximum atomic E-state index is 11.7. The quantitative estimate of drug-likeness (QED) is 0.304. The second kappa shape index (κ2) is 16.8. The summed E-state index contributed by atoms with van der Waals surface area (Å²) >= 11 is 0. The molecule has 5 aliphatic rings. The van der Waals surface area contributed by atoms with E-state index in [-0.39, 0.29) is 31.1 Å². The van der Waals surface area contributed by atoms with E-state index in [0.717, 1.165) is 89.9 Å². The molecule has 10 heteroatoms. The molecule has 3 aliphatic heterocycles. The van der Waals surface area contributed by atoms with Gasteiger partial charge < -0.3 is 19.7 Å². The summed E-state index contributed by atoms with van der Waals surface area (Å²) in [6.07, 6.45) is 22.0. The third-order valence-electron chi connectivity index (χ3n) is 7.95. The SMILES string of the molecule is C#CCC1CCN(C(=O)OC2CCC2)CC1.C#CCC1CCNCC1.O=C(OC1CCC1)ON1C(=O)CCC1=O. The summed E-state index contributed by atoms with van der Waals surface area (Å²) in [5, 5.41) is 3.79. The molecule has 3 saturated heterocycles. The number of hydrogen-bond donors (Lipinski definition) is 1. The molecule has 0 aromatic rings. The number of nitrogens with one attached hydrogen (secondary N) is 1. The average Bonchev–Trinajstić information content (AvgIpc) is 3.22. The monoisotopic (exact) mass is 557 g/mol. The Morgan fingerprint density at radius 3 is 1.75 bits per heavy atom. The number of hydrogen-bond acceptors (Lipinski definition) is 8. The lowest BCUT2D eigenvalue weighted by atomic mass is 9.94. The molecule has 5 fully saturated rings. The summed E-state index contributed by atoms with van der Waals surface area (Å²) in [6, 6.07) is 0. The van der Waals surface area contributed by atoms with E-state index in [4.69, 9.17) is 22.3 Å². The van der Waals surface area contributed by atoms with Gasteiger partial charge in [0.2, 0.25) is 0 Å². The van der Waals surface area contributed by atoms with E-state index in [1.54, 1.807) is 0 Å². The molecule has 0 bridgehead atoms. The summed E-state index contributed by atoms with van der Waals surface area (Å²) < 4.78 is 10.2. The van der Waals surface area contributed by atoms with Crippen LogP contribution in [0.4, 0.5) is 9.59 Å². The molecule has 2 saturated carbocycles. The van der Waals surface area contributed by atoms with E-state index in [1.165, 1.54) is 19.3 Å². The number of nitrogens with zero attached hydrogens (tertiary/aromatic N) is 2. The zero-order chi connectivity index (χ0) is 28.7. The summed E-state index contributed by atoms with van der Waals surface area (Å²) in [4.78, 5) is 51.3. The zero-order valence-electron chi connectivity index (χ0n) is 23.4. The first kappa shape index (κ1) is 31.3. The first-order valence-electron chi connectivity index (χ1n) is 14.7. The number of hydroxylamine groups is 2. The van der Waals surface area contributed by atoms with Gasteiger partial charge in [-0.2, -0.15) is 0 Å². The molecule has 0 aromatic heterocycles. The molecule has 0 aromatic carbocycles. The second-order valence-electron chi connectivity index (χ2n) is 11.0. The normalized spacial score (nSPS) is 21.8. The number of carbonyl (C=O) groups is 4. The van der Waals surface area contributed by atoms with Crippen molar-refractivity contribution < 1.29 is 33.5 Å². The predicted octanol–water partition coefficient (Wildman–Crippen LogP) is 4.18. The Bertz CT molecular complexity index is 918. The van der Waals surface area contributed by atoms with Crippen LogP contribution in [0, 0.1) is 36.5 Å². The summed E-state index contributed by atoms with van der Waals surface area (Å²) in [7, 11) is 0. The molecular weight excluding hydrogens is 514 g/mol. The summed E-state index contributed by atoms with van der Waals surface area (Å²) in [5.41, 5.74) is 0. The van der Waals surface area contributed by atoms with Crippen molar-refractivity contribution >= 4 is 24.1 Å². The molecule has 3 amide bonds. The Hall–Kier alpha value is -3.24. The molecule has 220 valence electrons. The van der Waals surface area contributed by atoms with Gasteiger partial charge in [-0.05, 0) is 89.1 Å². The van der Waals surface area contributed by atoms with Gasteiger partial charge in [-0.25, -0.2) is 9.59 Å². The van der Waals surface area contributed by atoms with Crippen molar-refractivity contribution in [2.24, 2.45) is 11.8 Å². The minimum atomic E-state index is -0.969. The highest BCUT2D eigenvalue weighted by molar-refractivity contribution is 6.01. The maximum Gasteiger partial charge on any atom is 0.534 e. The van der Waals surface area contributed by atoms with E-state index < -0.39 is 18.0 Å². The molecule has 0 radical (unpaired) electrons. The van der Waals surface area contributed by atoms with Gasteiger partial charge in [0.15, 0.2) is 0 Å². The zero-order valence-corrected chi connectivity index (χ0v) is 23.4. The van der Waals surface area contributed by atoms with Crippen molar-refractivity contribution in [3.8, 4) is 24.7 Å². The minimum Gasteiger partial charge on any atom is -0.446 e. The van der Waals surface area contributed by atoms with Crippen LogP contribution in [0.15, 0.2) is 0 Å². The highest BCUT2D eigenvalue weighted by Crippen LogP contribution is 2.25. The van der Waals surface area contributed by atoms with Crippen LogP contribution in [-0.4, -0.2) is 72.4 Å². The van der Waals surface area contributed by atoms with E-state index in [2.05, 4.69) is 22.0 Å². The fraction of sp³-hybridized carbons (Fsp3) is 0.733. The summed E-state index contributed by atoms with van der Waals surface area (Å²) in [6.45, 7) is 3.93. The third kappa shape index (κ3) is 10.4.